The average molecular weight is 684 g/mol. The summed E-state index contributed by atoms with van der Waals surface area (Å²) in [7, 11) is 4.58. The standard InChI is InChI=1S/C34H50BN5O9/c1-10-47-33(4,5)31(43)46-20-45-30(42)24-13-11-12-21(29(24)44-9)14-27(36-28(41)19-40-18-23(37-38-40)17-39(7)8)35-48-26-16-22-15-25(32(22,2)3)34(26,6)49-35/h11-13,18,22,25-27H,10,14-17,19-20H2,1-9H3,(H,36,41)/t22-,25-,26+,27-,34-/m0/s1. The minimum atomic E-state index is -1.18. The SMILES string of the molecule is CCOC(C)(C)C(=O)OCOC(=O)c1cccc(C[C@H](NC(=O)Cn2cc(CN(C)C)nn2)B2O[C@@H]3C[C@@H]4C[C@@H](C4(C)C)[C@]3(C)O2)c1OC. The van der Waals surface area contributed by atoms with Crippen LogP contribution >= 0.6 is 0 Å². The molecule has 1 aliphatic heterocycles. The fraction of sp³-hybridized carbons (Fsp3) is 0.676. The summed E-state index contributed by atoms with van der Waals surface area (Å²) in [6.07, 6.45) is 3.85. The third-order valence-corrected chi connectivity index (χ3v) is 10.4. The topological polar surface area (TPSA) is 153 Å². The van der Waals surface area contributed by atoms with Crippen LogP contribution in [0.5, 0.6) is 5.75 Å². The lowest BCUT2D eigenvalue weighted by molar-refractivity contribution is -0.199. The first kappa shape index (κ1) is 36.7. The zero-order valence-electron chi connectivity index (χ0n) is 30.1. The molecule has 5 atom stereocenters. The van der Waals surface area contributed by atoms with Crippen molar-refractivity contribution in [3.8, 4) is 5.75 Å². The van der Waals surface area contributed by atoms with Crippen LogP contribution < -0.4 is 10.1 Å². The first-order valence-corrected chi connectivity index (χ1v) is 16.9. The lowest BCUT2D eigenvalue weighted by Gasteiger charge is -2.64. The van der Waals surface area contributed by atoms with Crippen LogP contribution in [-0.2, 0) is 52.6 Å². The van der Waals surface area contributed by atoms with Crippen LogP contribution in [0.1, 0.15) is 76.0 Å². The van der Waals surface area contributed by atoms with Crippen LogP contribution in [0.3, 0.4) is 0 Å². The molecule has 0 radical (unpaired) electrons. The minimum absolute atomic E-state index is 0.0512. The normalized spacial score (nSPS) is 24.5. The molecule has 1 amide bonds. The lowest BCUT2D eigenvalue weighted by Crippen LogP contribution is -2.65. The summed E-state index contributed by atoms with van der Waals surface area (Å²) in [6.45, 7) is 11.9. The van der Waals surface area contributed by atoms with E-state index in [1.807, 2.05) is 25.1 Å². The van der Waals surface area contributed by atoms with Crippen molar-refractivity contribution in [3.63, 3.8) is 0 Å². The first-order valence-electron chi connectivity index (χ1n) is 16.9. The molecular weight excluding hydrogens is 633 g/mol. The molecule has 6 rings (SSSR count). The number of carbonyl (C=O) groups excluding carboxylic acids is 3. The van der Waals surface area contributed by atoms with Gasteiger partial charge in [-0.3, -0.25) is 4.79 Å². The summed E-state index contributed by atoms with van der Waals surface area (Å²) in [5.41, 5.74) is -0.0275. The molecule has 1 N–H and O–H groups in total. The van der Waals surface area contributed by atoms with Gasteiger partial charge in [0.15, 0.2) is 5.60 Å². The van der Waals surface area contributed by atoms with Gasteiger partial charge in [0.2, 0.25) is 12.7 Å². The van der Waals surface area contributed by atoms with E-state index >= 15 is 0 Å². The van der Waals surface area contributed by atoms with E-state index in [1.54, 1.807) is 39.1 Å². The van der Waals surface area contributed by atoms with E-state index < -0.39 is 43.0 Å². The van der Waals surface area contributed by atoms with Crippen molar-refractivity contribution in [2.24, 2.45) is 17.3 Å². The molecule has 2 aromatic rings. The van der Waals surface area contributed by atoms with Gasteiger partial charge < -0.3 is 38.5 Å². The summed E-state index contributed by atoms with van der Waals surface area (Å²) < 4.78 is 36.4. The average Bonchev–Trinajstić information content (AvgIpc) is 3.62. The maximum atomic E-state index is 13.5. The van der Waals surface area contributed by atoms with Gasteiger partial charge in [0.25, 0.3) is 0 Å². The van der Waals surface area contributed by atoms with Crippen LogP contribution in [0.25, 0.3) is 0 Å². The number of nitrogens with zero attached hydrogens (tertiary/aromatic N) is 4. The molecule has 0 spiro atoms. The number of amides is 1. The van der Waals surface area contributed by atoms with Gasteiger partial charge in [-0.2, -0.15) is 0 Å². The van der Waals surface area contributed by atoms with E-state index in [0.29, 0.717) is 30.6 Å². The highest BCUT2D eigenvalue weighted by Crippen LogP contribution is 2.65. The van der Waals surface area contributed by atoms with Crippen LogP contribution in [-0.4, -0.2) is 103 Å². The second kappa shape index (κ2) is 14.4. The van der Waals surface area contributed by atoms with Crippen LogP contribution in [0.4, 0.5) is 0 Å². The van der Waals surface area contributed by atoms with Crippen molar-refractivity contribution in [2.45, 2.75) is 97.1 Å². The minimum Gasteiger partial charge on any atom is -0.496 e. The van der Waals surface area contributed by atoms with Crippen LogP contribution in [0, 0.1) is 17.3 Å². The summed E-state index contributed by atoms with van der Waals surface area (Å²) in [5, 5.41) is 11.4. The van der Waals surface area contributed by atoms with E-state index in [2.05, 4.69) is 36.4 Å². The molecule has 14 nitrogen and oxygen atoms in total. The number of esters is 2. The maximum Gasteiger partial charge on any atom is 0.482 e. The molecule has 4 aliphatic rings. The number of rotatable bonds is 15. The van der Waals surface area contributed by atoms with Gasteiger partial charge in [0, 0.05) is 13.2 Å². The van der Waals surface area contributed by atoms with Crippen molar-refractivity contribution in [1.29, 1.82) is 0 Å². The molecule has 1 aromatic heterocycles. The zero-order valence-corrected chi connectivity index (χ0v) is 30.1. The number of hydrogen-bond acceptors (Lipinski definition) is 12. The third-order valence-electron chi connectivity index (χ3n) is 10.4. The maximum absolute atomic E-state index is 13.5. The Kier molecular flexibility index (Phi) is 10.8. The van der Waals surface area contributed by atoms with Gasteiger partial charge in [-0.1, -0.05) is 31.2 Å². The molecule has 1 saturated heterocycles. The van der Waals surface area contributed by atoms with Gasteiger partial charge >= 0.3 is 19.1 Å². The Labute approximate surface area is 288 Å². The number of aromatic nitrogens is 3. The summed E-state index contributed by atoms with van der Waals surface area (Å²) in [6, 6.07) is 5.08. The fourth-order valence-corrected chi connectivity index (χ4v) is 7.69. The molecular formula is C34H50BN5O9. The largest absolute Gasteiger partial charge is 0.496 e. The second-order valence-electron chi connectivity index (χ2n) is 14.8. The second-order valence-corrected chi connectivity index (χ2v) is 14.8. The molecule has 49 heavy (non-hydrogen) atoms. The van der Waals surface area contributed by atoms with E-state index in [1.165, 1.54) is 11.8 Å². The number of para-hydroxylation sites is 1. The monoisotopic (exact) mass is 683 g/mol. The molecule has 3 saturated carbocycles. The van der Waals surface area contributed by atoms with E-state index in [9.17, 15) is 14.4 Å². The van der Waals surface area contributed by atoms with Crippen molar-refractivity contribution in [1.82, 2.24) is 25.2 Å². The molecule has 0 unspecified atom stereocenters. The van der Waals surface area contributed by atoms with Gasteiger partial charge in [-0.05, 0) is 89.9 Å². The lowest BCUT2D eigenvalue weighted by atomic mass is 9.43. The van der Waals surface area contributed by atoms with Crippen molar-refractivity contribution < 1.29 is 42.6 Å². The first-order chi connectivity index (χ1) is 23.1. The Bertz CT molecular complexity index is 1530. The molecule has 15 heteroatoms. The summed E-state index contributed by atoms with van der Waals surface area (Å²) >= 11 is 0. The highest BCUT2D eigenvalue weighted by molar-refractivity contribution is 6.48. The predicted molar refractivity (Wildman–Crippen MR) is 178 cm³/mol. The van der Waals surface area contributed by atoms with Crippen molar-refractivity contribution in [2.75, 3.05) is 34.6 Å². The van der Waals surface area contributed by atoms with Crippen molar-refractivity contribution >= 4 is 25.0 Å². The molecule has 268 valence electrons. The quantitative estimate of drug-likeness (QED) is 0.167. The Hall–Kier alpha value is -3.53. The Morgan fingerprint density at radius 2 is 1.94 bits per heavy atom. The van der Waals surface area contributed by atoms with Crippen molar-refractivity contribution in [3.05, 3.63) is 41.2 Å². The van der Waals surface area contributed by atoms with Gasteiger partial charge in [0.05, 0.1) is 36.6 Å². The number of nitrogens with one attached hydrogen (secondary N) is 1. The number of carbonyl (C=O) groups is 3. The number of benzene rings is 1. The molecule has 4 fully saturated rings. The van der Waals surface area contributed by atoms with Crippen LogP contribution in [0.15, 0.2) is 24.4 Å². The van der Waals surface area contributed by atoms with Gasteiger partial charge in [-0.25, -0.2) is 14.3 Å². The zero-order chi connectivity index (χ0) is 35.7. The number of methoxy groups -OCH3 is 1. The molecule has 1 aromatic carbocycles. The number of ether oxygens (including phenoxy) is 4. The molecule has 2 bridgehead atoms. The number of hydrogen-bond donors (Lipinski definition) is 1. The van der Waals surface area contributed by atoms with E-state index in [0.717, 1.165) is 18.5 Å². The summed E-state index contributed by atoms with van der Waals surface area (Å²) in [4.78, 5) is 41.0. The summed E-state index contributed by atoms with van der Waals surface area (Å²) in [5.74, 6) is -1.18. The Morgan fingerprint density at radius 3 is 2.61 bits per heavy atom. The van der Waals surface area contributed by atoms with E-state index in [4.69, 9.17) is 28.3 Å². The fourth-order valence-electron chi connectivity index (χ4n) is 7.69. The predicted octanol–water partition coefficient (Wildman–Crippen LogP) is 2.82. The molecule has 3 aliphatic carbocycles. The highest BCUT2D eigenvalue weighted by atomic mass is 16.7. The van der Waals surface area contributed by atoms with Gasteiger partial charge in [-0.15, -0.1) is 5.10 Å². The third kappa shape index (κ3) is 7.64. The van der Waals surface area contributed by atoms with Gasteiger partial charge in [0.1, 0.15) is 17.9 Å². The van der Waals surface area contributed by atoms with Crippen LogP contribution in [0.2, 0.25) is 0 Å². The Balaban J connectivity index is 1.34. The molecule has 2 heterocycles. The highest BCUT2D eigenvalue weighted by Gasteiger charge is 2.68. The Morgan fingerprint density at radius 1 is 1.18 bits per heavy atom. The smallest absolute Gasteiger partial charge is 0.482 e. The van der Waals surface area contributed by atoms with E-state index in [-0.39, 0.29) is 41.7 Å².